The van der Waals surface area contributed by atoms with Crippen LogP contribution in [-0.4, -0.2) is 105 Å². The number of ether oxygens (including phenoxy) is 4. The molecular weight excluding hydrogens is 581 g/mol. The number of halogens is 3. The highest BCUT2D eigenvalue weighted by atomic mass is 19.4. The van der Waals surface area contributed by atoms with Crippen LogP contribution in [-0.2, 0) is 37.0 Å². The zero-order valence-electron chi connectivity index (χ0n) is 22.9. The highest BCUT2D eigenvalue weighted by Gasteiger charge is 2.49. The molecule has 3 heterocycles. The van der Waals surface area contributed by atoms with Gasteiger partial charge >= 0.3 is 12.1 Å². The molecule has 2 fully saturated rings. The number of pyridine rings is 2. The number of aromatic nitrogens is 2. The molecule has 1 saturated heterocycles. The van der Waals surface area contributed by atoms with Crippen molar-refractivity contribution in [2.24, 2.45) is 22.9 Å². The van der Waals surface area contributed by atoms with Gasteiger partial charge in [0.2, 0.25) is 0 Å². The van der Waals surface area contributed by atoms with Crippen LogP contribution in [0.3, 0.4) is 0 Å². The van der Waals surface area contributed by atoms with Crippen molar-refractivity contribution in [2.45, 2.75) is 86.9 Å². The van der Waals surface area contributed by atoms with Crippen LogP contribution < -0.4 is 22.9 Å². The molecule has 240 valence electrons. The number of rotatable bonds is 9. The molecule has 0 spiro atoms. The number of alkyl halides is 3. The normalized spacial score (nSPS) is 32.9. The van der Waals surface area contributed by atoms with Crippen molar-refractivity contribution in [2.75, 3.05) is 6.54 Å². The number of nitrogens with two attached hydrogens (primary N) is 4. The molecule has 1 aliphatic carbocycles. The Morgan fingerprint density at radius 3 is 1.88 bits per heavy atom. The minimum atomic E-state index is -5.08. The van der Waals surface area contributed by atoms with E-state index in [1.807, 2.05) is 18.2 Å². The summed E-state index contributed by atoms with van der Waals surface area (Å²) in [6, 6.07) is 8.91. The first-order valence-corrected chi connectivity index (χ1v) is 13.3. The molecule has 2 aliphatic rings. The summed E-state index contributed by atoms with van der Waals surface area (Å²) in [6.07, 6.45) is -7.99. The van der Waals surface area contributed by atoms with E-state index in [1.165, 1.54) is 0 Å². The van der Waals surface area contributed by atoms with Gasteiger partial charge in [-0.2, -0.15) is 13.2 Å². The van der Waals surface area contributed by atoms with Crippen molar-refractivity contribution in [1.82, 2.24) is 9.97 Å². The smallest absolute Gasteiger partial charge is 0.475 e. The minimum absolute atomic E-state index is 0.0111. The molecule has 0 amide bonds. The van der Waals surface area contributed by atoms with Crippen LogP contribution in [0.15, 0.2) is 48.8 Å². The lowest BCUT2D eigenvalue weighted by molar-refractivity contribution is -0.295. The van der Waals surface area contributed by atoms with Gasteiger partial charge in [-0.25, -0.2) is 4.79 Å². The fourth-order valence-corrected chi connectivity index (χ4v) is 4.63. The monoisotopic (exact) mass is 618 g/mol. The van der Waals surface area contributed by atoms with Crippen molar-refractivity contribution in [1.29, 1.82) is 0 Å². The Morgan fingerprint density at radius 1 is 0.907 bits per heavy atom. The summed E-state index contributed by atoms with van der Waals surface area (Å²) in [7, 11) is 0. The van der Waals surface area contributed by atoms with Gasteiger partial charge in [0, 0.05) is 31.0 Å². The van der Waals surface area contributed by atoms with E-state index in [9.17, 15) is 23.4 Å². The first kappa shape index (κ1) is 34.6. The van der Waals surface area contributed by atoms with Gasteiger partial charge in [0.05, 0.1) is 30.6 Å². The van der Waals surface area contributed by atoms with E-state index in [2.05, 4.69) is 9.97 Å². The lowest BCUT2D eigenvalue weighted by Gasteiger charge is -2.47. The number of carboxylic acid groups (broad SMARTS) is 1. The van der Waals surface area contributed by atoms with Gasteiger partial charge in [0.25, 0.3) is 0 Å². The Labute approximate surface area is 245 Å². The molecule has 11 N–H and O–H groups in total. The molecule has 43 heavy (non-hydrogen) atoms. The van der Waals surface area contributed by atoms with Crippen molar-refractivity contribution in [3.63, 3.8) is 0 Å². The third kappa shape index (κ3) is 9.57. The molecule has 0 bridgehead atoms. The minimum Gasteiger partial charge on any atom is -0.475 e. The molecule has 4 rings (SSSR count). The number of carboxylic acids is 1. The van der Waals surface area contributed by atoms with Gasteiger partial charge < -0.3 is 57.2 Å². The molecule has 0 radical (unpaired) electrons. The first-order valence-electron chi connectivity index (χ1n) is 13.3. The molecule has 1 aliphatic heterocycles. The zero-order chi connectivity index (χ0) is 31.7. The summed E-state index contributed by atoms with van der Waals surface area (Å²) in [4.78, 5) is 17.4. The van der Waals surface area contributed by atoms with E-state index in [4.69, 9.17) is 51.8 Å². The summed E-state index contributed by atoms with van der Waals surface area (Å²) < 4.78 is 55.6. The average molecular weight is 619 g/mol. The second-order valence-electron chi connectivity index (χ2n) is 10.00. The topological polar surface area (TPSA) is 245 Å². The Balaban J connectivity index is 0.000000646. The summed E-state index contributed by atoms with van der Waals surface area (Å²) in [6.45, 7) is 0.309. The van der Waals surface area contributed by atoms with Crippen molar-refractivity contribution < 1.29 is 52.2 Å². The summed E-state index contributed by atoms with van der Waals surface area (Å²) in [5.74, 6) is -2.76. The van der Waals surface area contributed by atoms with E-state index in [0.29, 0.717) is 17.8 Å². The van der Waals surface area contributed by atoms with Crippen LogP contribution in [0.4, 0.5) is 13.2 Å². The quantitative estimate of drug-likeness (QED) is 0.174. The van der Waals surface area contributed by atoms with Crippen LogP contribution in [0, 0.1) is 0 Å². The van der Waals surface area contributed by atoms with E-state index in [-0.39, 0.29) is 19.8 Å². The van der Waals surface area contributed by atoms with Gasteiger partial charge in [0.15, 0.2) is 6.29 Å². The second-order valence-corrected chi connectivity index (χ2v) is 10.00. The average Bonchev–Trinajstić information content (AvgIpc) is 2.97. The first-order chi connectivity index (χ1) is 20.3. The number of hydrogen-bond donors (Lipinski definition) is 7. The van der Waals surface area contributed by atoms with Crippen molar-refractivity contribution in [3.05, 3.63) is 60.2 Å². The van der Waals surface area contributed by atoms with Crippen LogP contribution in [0.5, 0.6) is 0 Å². The summed E-state index contributed by atoms with van der Waals surface area (Å²) in [5.41, 5.74) is 26.2. The largest absolute Gasteiger partial charge is 0.490 e. The summed E-state index contributed by atoms with van der Waals surface area (Å²) in [5, 5.41) is 29.0. The van der Waals surface area contributed by atoms with Gasteiger partial charge in [-0.1, -0.05) is 12.1 Å². The Morgan fingerprint density at radius 2 is 1.42 bits per heavy atom. The molecule has 1 saturated carbocycles. The SMILES string of the molecule is NC[C@H]1O[C@H](O[C@H]2[C@H](O)[C@@H](OCc3ccccn3)[C@H](N)C[C@@H]2N)[C@H](N)[C@@H](OCc2ccccn2)[C@@H]1O.O=C(O)C(F)(F)F. The highest BCUT2D eigenvalue weighted by molar-refractivity contribution is 5.73. The maximum absolute atomic E-state index is 11.1. The number of hydrogen-bond acceptors (Lipinski definition) is 13. The molecule has 10 atom stereocenters. The van der Waals surface area contributed by atoms with Crippen molar-refractivity contribution >= 4 is 5.97 Å². The maximum atomic E-state index is 11.1. The number of aliphatic carboxylic acids is 1. The molecule has 0 unspecified atom stereocenters. The standard InChI is InChI=1S/C24H36N6O6.C2HF3O2/c25-10-17-19(31)23(34-12-14-6-2-4-8-30-14)18(28)24(35-17)36-22-16(27)9-15(26)21(20(22)32)33-11-13-5-1-3-7-29-13;3-2(4,5)1(6)7/h1-8,15-24,31-32H,9-12,25-28H2;(H,6,7)/t15-,16+,17-,18-,19-,20-,21+,22-,23-,24-;/m1./s1. The summed E-state index contributed by atoms with van der Waals surface area (Å²) >= 11 is 0. The van der Waals surface area contributed by atoms with Gasteiger partial charge in [-0.3, -0.25) is 9.97 Å². The lowest BCUT2D eigenvalue weighted by Crippen LogP contribution is -2.68. The second kappa shape index (κ2) is 15.8. The van der Waals surface area contributed by atoms with Crippen LogP contribution in [0.25, 0.3) is 0 Å². The lowest BCUT2D eigenvalue weighted by atomic mass is 9.84. The predicted molar refractivity (Wildman–Crippen MR) is 142 cm³/mol. The van der Waals surface area contributed by atoms with E-state index >= 15 is 0 Å². The van der Waals surface area contributed by atoms with E-state index in [1.54, 1.807) is 30.6 Å². The maximum Gasteiger partial charge on any atom is 0.490 e. The van der Waals surface area contributed by atoms with E-state index in [0.717, 1.165) is 0 Å². The third-order valence-electron chi connectivity index (χ3n) is 6.85. The Kier molecular flexibility index (Phi) is 12.7. The molecule has 0 aromatic carbocycles. The molecule has 2 aromatic heterocycles. The van der Waals surface area contributed by atoms with Crippen molar-refractivity contribution in [3.8, 4) is 0 Å². The zero-order valence-corrected chi connectivity index (χ0v) is 22.9. The Hall–Kier alpha value is -2.84. The van der Waals surface area contributed by atoms with Gasteiger partial charge in [-0.05, 0) is 30.7 Å². The van der Waals surface area contributed by atoms with Crippen LogP contribution >= 0.6 is 0 Å². The highest BCUT2D eigenvalue weighted by Crippen LogP contribution is 2.29. The predicted octanol–water partition coefficient (Wildman–Crippen LogP) is -1.24. The molecule has 17 heteroatoms. The molecular formula is C26H37F3N6O8. The van der Waals surface area contributed by atoms with Crippen LogP contribution in [0.1, 0.15) is 17.8 Å². The number of nitrogens with zero attached hydrogens (tertiary/aromatic N) is 2. The van der Waals surface area contributed by atoms with Crippen LogP contribution in [0.2, 0.25) is 0 Å². The van der Waals surface area contributed by atoms with E-state index < -0.39 is 73.2 Å². The molecule has 14 nitrogen and oxygen atoms in total. The van der Waals surface area contributed by atoms with Gasteiger partial charge in [-0.15, -0.1) is 0 Å². The number of aliphatic hydroxyl groups excluding tert-OH is 2. The third-order valence-corrected chi connectivity index (χ3v) is 6.85. The number of aliphatic hydroxyl groups is 2. The molecule has 2 aromatic rings. The fraction of sp³-hybridized carbons (Fsp3) is 0.577. The number of carbonyl (C=O) groups is 1. The van der Waals surface area contributed by atoms with Gasteiger partial charge in [0.1, 0.15) is 36.6 Å². The fourth-order valence-electron chi connectivity index (χ4n) is 4.63. The Bertz CT molecular complexity index is 1130.